The molecule has 1 heterocycles. The number of rotatable bonds is 1. The van der Waals surface area contributed by atoms with E-state index in [-0.39, 0.29) is 3.43 Å². The van der Waals surface area contributed by atoms with Gasteiger partial charge in [-0.05, 0) is 0 Å². The minimum atomic E-state index is -3.44. The number of sulfonamides is 1. The third-order valence-corrected chi connectivity index (χ3v) is 13.6. The molecule has 2 rings (SSSR count). The Morgan fingerprint density at radius 3 is 2.58 bits per heavy atom. The number of hydrogen-bond acceptors (Lipinski definition) is 3. The van der Waals surface area contributed by atoms with Gasteiger partial charge in [0.25, 0.3) is 0 Å². The number of allylic oxidation sites excluding steroid dienone is 4. The molecule has 2 atom stereocenters. The predicted octanol–water partition coefficient (Wildman–Crippen LogP) is -0.312. The van der Waals surface area contributed by atoms with Gasteiger partial charge >= 0.3 is 83.5 Å². The van der Waals surface area contributed by atoms with Gasteiger partial charge in [0.1, 0.15) is 0 Å². The molecular formula is C6H8HgN2O2S. The Morgan fingerprint density at radius 2 is 2.00 bits per heavy atom. The van der Waals surface area contributed by atoms with Crippen molar-refractivity contribution in [2.75, 3.05) is 0 Å². The summed E-state index contributed by atoms with van der Waals surface area (Å²) < 4.78 is 22.7. The Kier molecular flexibility index (Phi) is 1.86. The Morgan fingerprint density at radius 1 is 1.33 bits per heavy atom. The summed E-state index contributed by atoms with van der Waals surface area (Å²) in [6, 6.07) is 0. The van der Waals surface area contributed by atoms with Gasteiger partial charge in [0.05, 0.1) is 0 Å². The molecule has 2 aliphatic rings. The minimum absolute atomic E-state index is 0.282. The molecule has 0 radical (unpaired) electrons. The first-order valence-electron chi connectivity index (χ1n) is 3.70. The second-order valence-corrected chi connectivity index (χ2v) is 13.5. The maximum absolute atomic E-state index is 11.0. The topological polar surface area (TPSA) is 86.2 Å². The van der Waals surface area contributed by atoms with Crippen LogP contribution in [0, 0.1) is 0 Å². The van der Waals surface area contributed by atoms with Crippen molar-refractivity contribution in [2.45, 2.75) is 6.85 Å². The zero-order valence-electron chi connectivity index (χ0n) is 6.40. The number of primary sulfonamides is 1. The Hall–Kier alpha value is 0.125. The van der Waals surface area contributed by atoms with E-state index in [4.69, 9.17) is 10.9 Å². The Labute approximate surface area is 83.2 Å². The number of nitrogens with two attached hydrogens (primary N) is 2. The van der Waals surface area contributed by atoms with Gasteiger partial charge < -0.3 is 0 Å². The molecule has 0 spiro atoms. The Balaban J connectivity index is 2.42. The molecule has 1 aliphatic heterocycles. The fourth-order valence-corrected chi connectivity index (χ4v) is 13.3. The molecule has 2 unspecified atom stereocenters. The molecule has 1 aliphatic carbocycles. The summed E-state index contributed by atoms with van der Waals surface area (Å²) >= 11 is -1.04. The molecule has 4 N–H and O–H groups in total. The van der Waals surface area contributed by atoms with E-state index in [9.17, 15) is 8.42 Å². The summed E-state index contributed by atoms with van der Waals surface area (Å²) in [5, 5.41) is 5.04. The van der Waals surface area contributed by atoms with Crippen molar-refractivity contribution in [3.8, 4) is 0 Å². The van der Waals surface area contributed by atoms with E-state index in [1.54, 1.807) is 12.2 Å². The van der Waals surface area contributed by atoms with E-state index < -0.39 is 34.6 Å². The molecule has 1 fully saturated rings. The quantitative estimate of drug-likeness (QED) is 0.619. The van der Waals surface area contributed by atoms with Crippen molar-refractivity contribution in [1.29, 1.82) is 0 Å². The summed E-state index contributed by atoms with van der Waals surface area (Å²) in [6.07, 6.45) is 3.26. The normalized spacial score (nSPS) is 32.1. The van der Waals surface area contributed by atoms with Crippen molar-refractivity contribution >= 4 is 10.0 Å². The molecular weight excluding hydrogens is 365 g/mol. The molecule has 4 nitrogen and oxygen atoms in total. The van der Waals surface area contributed by atoms with E-state index >= 15 is 0 Å². The average Bonchev–Trinajstić information content (AvgIpc) is 2.64. The van der Waals surface area contributed by atoms with E-state index in [0.717, 1.165) is 5.70 Å². The molecule has 0 amide bonds. The average molecular weight is 373 g/mol. The third kappa shape index (κ3) is 1.34. The van der Waals surface area contributed by atoms with Gasteiger partial charge in [-0.15, -0.1) is 0 Å². The molecule has 0 aromatic carbocycles. The Bertz CT molecular complexity index is 384. The van der Waals surface area contributed by atoms with E-state index in [1.807, 2.05) is 0 Å². The van der Waals surface area contributed by atoms with Gasteiger partial charge in [0, 0.05) is 0 Å². The molecule has 0 saturated carbocycles. The van der Waals surface area contributed by atoms with Gasteiger partial charge in [-0.25, -0.2) is 0 Å². The van der Waals surface area contributed by atoms with Crippen molar-refractivity contribution in [2.24, 2.45) is 10.9 Å². The van der Waals surface area contributed by atoms with Crippen LogP contribution in [0.5, 0.6) is 0 Å². The second kappa shape index (κ2) is 2.56. The molecule has 0 bridgehead atoms. The van der Waals surface area contributed by atoms with Crippen LogP contribution in [-0.4, -0.2) is 8.42 Å². The molecule has 1 saturated heterocycles. The van der Waals surface area contributed by atoms with Crippen LogP contribution in [0.25, 0.3) is 0 Å². The van der Waals surface area contributed by atoms with Crippen LogP contribution in [0.3, 0.4) is 0 Å². The first kappa shape index (κ1) is 8.71. The second-order valence-electron chi connectivity index (χ2n) is 3.23. The molecule has 12 heavy (non-hydrogen) atoms. The molecule has 0 aromatic rings. The SMILES string of the molecule is NC1=CC=C(S(N)(=O)=O)[CH]2[Hg][CH]12. The van der Waals surface area contributed by atoms with Crippen LogP contribution < -0.4 is 10.9 Å². The summed E-state index contributed by atoms with van der Waals surface area (Å²) in [4.78, 5) is 0.434. The van der Waals surface area contributed by atoms with Gasteiger partial charge in [0.2, 0.25) is 0 Å². The molecule has 6 heteroatoms. The summed E-state index contributed by atoms with van der Waals surface area (Å²) in [5.74, 6) is 0. The predicted molar refractivity (Wildman–Crippen MR) is 41.0 cm³/mol. The fourth-order valence-electron chi connectivity index (χ4n) is 1.61. The van der Waals surface area contributed by atoms with Crippen LogP contribution in [-0.2, 0) is 34.6 Å². The molecule has 62 valence electrons. The zero-order valence-corrected chi connectivity index (χ0v) is 12.7. The van der Waals surface area contributed by atoms with Gasteiger partial charge in [-0.1, -0.05) is 0 Å². The van der Waals surface area contributed by atoms with Crippen LogP contribution in [0.1, 0.15) is 0 Å². The maximum atomic E-state index is 11.0. The van der Waals surface area contributed by atoms with E-state index in [0.29, 0.717) is 8.33 Å². The van der Waals surface area contributed by atoms with Gasteiger partial charge in [0.15, 0.2) is 0 Å². The zero-order chi connectivity index (χ0) is 8.93. The molecule has 0 aromatic heterocycles. The summed E-state index contributed by atoms with van der Waals surface area (Å²) in [7, 11) is -3.44. The summed E-state index contributed by atoms with van der Waals surface area (Å²) in [6.45, 7) is 0. The first-order valence-corrected chi connectivity index (χ1v) is 11.6. The van der Waals surface area contributed by atoms with Crippen LogP contribution >= 0.6 is 0 Å². The number of fused-ring (bicyclic) bond motifs is 1. The van der Waals surface area contributed by atoms with E-state index in [2.05, 4.69) is 0 Å². The van der Waals surface area contributed by atoms with Crippen LogP contribution in [0.4, 0.5) is 0 Å². The fraction of sp³-hybridized carbons (Fsp3) is 0.333. The number of hydrogen-bond donors (Lipinski definition) is 2. The van der Waals surface area contributed by atoms with Gasteiger partial charge in [-0.2, -0.15) is 0 Å². The van der Waals surface area contributed by atoms with Crippen molar-refractivity contribution in [1.82, 2.24) is 0 Å². The first-order chi connectivity index (χ1) is 5.50. The van der Waals surface area contributed by atoms with Crippen molar-refractivity contribution in [3.05, 3.63) is 22.8 Å². The van der Waals surface area contributed by atoms with Crippen LogP contribution in [0.2, 0.25) is 6.85 Å². The van der Waals surface area contributed by atoms with Crippen molar-refractivity contribution in [3.63, 3.8) is 0 Å². The van der Waals surface area contributed by atoms with E-state index in [1.165, 1.54) is 0 Å². The van der Waals surface area contributed by atoms with Gasteiger partial charge in [-0.3, -0.25) is 0 Å². The third-order valence-electron chi connectivity index (χ3n) is 2.35. The van der Waals surface area contributed by atoms with Crippen molar-refractivity contribution < 1.29 is 33.0 Å². The summed E-state index contributed by atoms with van der Waals surface area (Å²) in [5.41, 5.74) is 6.53. The standard InChI is InChI=1S/C6H8N2O2S.Hg/c7-5-1-3-6(4-2-5)11(8,9)10;/h1-4H,7H2,(H2,8,9,10);. The monoisotopic (exact) mass is 374 g/mol. The van der Waals surface area contributed by atoms with Crippen LogP contribution in [0.15, 0.2) is 22.8 Å².